The summed E-state index contributed by atoms with van der Waals surface area (Å²) in [6, 6.07) is 17.2. The van der Waals surface area contributed by atoms with E-state index in [9.17, 15) is 4.79 Å². The molecular formula is C14H11ClOSe. The van der Waals surface area contributed by atoms with E-state index in [0.29, 0.717) is 15.9 Å². The molecule has 2 rings (SSSR count). The Bertz CT molecular complexity index is 511. The molecule has 2 aromatic rings. The average Bonchev–Trinajstić information content (AvgIpc) is 2.37. The van der Waals surface area contributed by atoms with E-state index in [1.54, 1.807) is 12.1 Å². The fourth-order valence-corrected chi connectivity index (χ4v) is 3.31. The number of hydrogen-bond acceptors (Lipinski definition) is 1. The van der Waals surface area contributed by atoms with Crippen LogP contribution in [0.15, 0.2) is 54.6 Å². The summed E-state index contributed by atoms with van der Waals surface area (Å²) in [5.41, 5.74) is 0.704. The molecule has 86 valence electrons. The van der Waals surface area contributed by atoms with Gasteiger partial charge in [0.2, 0.25) is 0 Å². The van der Waals surface area contributed by atoms with Crippen LogP contribution >= 0.6 is 11.6 Å². The molecule has 1 nitrogen and oxygen atoms in total. The van der Waals surface area contributed by atoms with E-state index in [2.05, 4.69) is 12.1 Å². The van der Waals surface area contributed by atoms with Crippen molar-refractivity contribution in [3.05, 3.63) is 65.2 Å². The van der Waals surface area contributed by atoms with Gasteiger partial charge in [-0.1, -0.05) is 0 Å². The molecule has 0 spiro atoms. The molecular weight excluding hydrogens is 299 g/mol. The second kappa shape index (κ2) is 6.02. The van der Waals surface area contributed by atoms with E-state index in [4.69, 9.17) is 11.6 Å². The Hall–Kier alpha value is -1.08. The summed E-state index contributed by atoms with van der Waals surface area (Å²) < 4.78 is 1.25. The molecule has 0 aliphatic heterocycles. The zero-order valence-corrected chi connectivity index (χ0v) is 11.6. The monoisotopic (exact) mass is 310 g/mol. The first-order valence-corrected chi connectivity index (χ1v) is 7.67. The molecule has 17 heavy (non-hydrogen) atoms. The number of Topliss-reactive ketones (excluding diaryl/α,β-unsaturated/α-hetero) is 1. The number of carbonyl (C=O) groups excluding carboxylic acids is 1. The van der Waals surface area contributed by atoms with Crippen molar-refractivity contribution in [3.63, 3.8) is 0 Å². The van der Waals surface area contributed by atoms with Gasteiger partial charge in [0.05, 0.1) is 0 Å². The van der Waals surface area contributed by atoms with Gasteiger partial charge < -0.3 is 0 Å². The predicted molar refractivity (Wildman–Crippen MR) is 72.4 cm³/mol. The summed E-state index contributed by atoms with van der Waals surface area (Å²) in [6.45, 7) is 0. The third-order valence-electron chi connectivity index (χ3n) is 2.26. The Morgan fingerprint density at radius 2 is 1.82 bits per heavy atom. The van der Waals surface area contributed by atoms with Crippen LogP contribution in [0.5, 0.6) is 0 Å². The Kier molecular flexibility index (Phi) is 4.38. The zero-order chi connectivity index (χ0) is 12.1. The van der Waals surface area contributed by atoms with Crippen molar-refractivity contribution >= 4 is 36.8 Å². The van der Waals surface area contributed by atoms with Crippen LogP contribution < -0.4 is 4.46 Å². The molecule has 0 amide bonds. The van der Waals surface area contributed by atoms with Crippen LogP contribution in [-0.2, 0) is 0 Å². The first-order chi connectivity index (χ1) is 8.25. The molecule has 0 heterocycles. The van der Waals surface area contributed by atoms with Gasteiger partial charge in [-0.25, -0.2) is 0 Å². The van der Waals surface area contributed by atoms with Gasteiger partial charge in [-0.15, -0.1) is 0 Å². The standard InChI is InChI=1S/C14H11ClOSe/c15-12-6-4-5-11(9-12)14(16)10-17-13-7-2-1-3-8-13/h1-9H,10H2. The van der Waals surface area contributed by atoms with E-state index >= 15 is 0 Å². The molecule has 3 heteroatoms. The molecule has 0 unspecified atom stereocenters. The summed E-state index contributed by atoms with van der Waals surface area (Å²) in [6.07, 6.45) is 0. The Morgan fingerprint density at radius 1 is 1.06 bits per heavy atom. The normalized spacial score (nSPS) is 10.2. The molecule has 2 aromatic carbocycles. The first-order valence-electron chi connectivity index (χ1n) is 5.22. The van der Waals surface area contributed by atoms with Crippen molar-refractivity contribution in [3.8, 4) is 0 Å². The third-order valence-corrected chi connectivity index (χ3v) is 4.62. The van der Waals surface area contributed by atoms with E-state index in [1.807, 2.05) is 30.3 Å². The third kappa shape index (κ3) is 3.71. The molecule has 0 atom stereocenters. The van der Waals surface area contributed by atoms with E-state index in [-0.39, 0.29) is 20.7 Å². The van der Waals surface area contributed by atoms with Crippen molar-refractivity contribution in [2.24, 2.45) is 0 Å². The molecule has 0 radical (unpaired) electrons. The molecule has 0 saturated heterocycles. The minimum absolute atomic E-state index is 0.163. The second-order valence-corrected chi connectivity index (χ2v) is 6.17. The summed E-state index contributed by atoms with van der Waals surface area (Å²) in [5.74, 6) is 0.163. The van der Waals surface area contributed by atoms with Crippen LogP contribution in [0.25, 0.3) is 0 Å². The van der Waals surface area contributed by atoms with Gasteiger partial charge in [0, 0.05) is 0 Å². The van der Waals surface area contributed by atoms with E-state index in [1.165, 1.54) is 4.46 Å². The summed E-state index contributed by atoms with van der Waals surface area (Å²) >= 11 is 6.05. The average molecular weight is 310 g/mol. The van der Waals surface area contributed by atoms with Crippen LogP contribution in [0.1, 0.15) is 10.4 Å². The van der Waals surface area contributed by atoms with Crippen LogP contribution in [0, 0.1) is 0 Å². The number of carbonyl (C=O) groups is 1. The number of benzene rings is 2. The van der Waals surface area contributed by atoms with Gasteiger partial charge in [0.1, 0.15) is 0 Å². The van der Waals surface area contributed by atoms with Gasteiger partial charge in [-0.3, -0.25) is 0 Å². The summed E-state index contributed by atoms with van der Waals surface area (Å²) in [7, 11) is 0. The number of halogens is 1. The SMILES string of the molecule is O=C(C[Se]c1ccccc1)c1cccc(Cl)c1. The van der Waals surface area contributed by atoms with Gasteiger partial charge >= 0.3 is 112 Å². The van der Waals surface area contributed by atoms with Crippen molar-refractivity contribution in [2.75, 3.05) is 0 Å². The number of rotatable bonds is 4. The van der Waals surface area contributed by atoms with Gasteiger partial charge in [0.25, 0.3) is 0 Å². The fourth-order valence-electron chi connectivity index (χ4n) is 1.41. The summed E-state index contributed by atoms with van der Waals surface area (Å²) in [5, 5.41) is 1.19. The molecule has 0 aliphatic rings. The maximum atomic E-state index is 11.9. The quantitative estimate of drug-likeness (QED) is 0.627. The first kappa shape index (κ1) is 12.4. The maximum absolute atomic E-state index is 11.9. The van der Waals surface area contributed by atoms with Gasteiger partial charge in [-0.2, -0.15) is 0 Å². The van der Waals surface area contributed by atoms with E-state index < -0.39 is 0 Å². The van der Waals surface area contributed by atoms with Crippen LogP contribution in [0.3, 0.4) is 0 Å². The van der Waals surface area contributed by atoms with Crippen molar-refractivity contribution < 1.29 is 4.79 Å². The fraction of sp³-hybridized carbons (Fsp3) is 0.0714. The second-order valence-electron chi connectivity index (χ2n) is 3.54. The van der Waals surface area contributed by atoms with Crippen molar-refractivity contribution in [2.45, 2.75) is 5.32 Å². The van der Waals surface area contributed by atoms with Crippen LogP contribution in [-0.4, -0.2) is 20.7 Å². The Morgan fingerprint density at radius 3 is 2.53 bits per heavy atom. The topological polar surface area (TPSA) is 17.1 Å². The van der Waals surface area contributed by atoms with Gasteiger partial charge in [-0.05, 0) is 0 Å². The van der Waals surface area contributed by atoms with Gasteiger partial charge in [0.15, 0.2) is 0 Å². The van der Waals surface area contributed by atoms with Crippen LogP contribution in [0.2, 0.25) is 10.3 Å². The number of hydrogen-bond donors (Lipinski definition) is 0. The summed E-state index contributed by atoms with van der Waals surface area (Å²) in [4.78, 5) is 11.9. The minimum atomic E-state index is 0.163. The molecule has 0 saturated carbocycles. The van der Waals surface area contributed by atoms with Crippen molar-refractivity contribution in [1.82, 2.24) is 0 Å². The molecule has 0 N–H and O–H groups in total. The zero-order valence-electron chi connectivity index (χ0n) is 9.10. The predicted octanol–water partition coefficient (Wildman–Crippen LogP) is 2.97. The molecule has 0 aromatic heterocycles. The molecule has 0 fully saturated rings. The Balaban J connectivity index is 1.98. The molecule has 0 aliphatic carbocycles. The Labute approximate surface area is 112 Å². The molecule has 0 bridgehead atoms. The van der Waals surface area contributed by atoms with E-state index in [0.717, 1.165) is 0 Å². The van der Waals surface area contributed by atoms with Crippen LogP contribution in [0.4, 0.5) is 0 Å². The van der Waals surface area contributed by atoms with Crippen molar-refractivity contribution in [1.29, 1.82) is 0 Å². The number of ketones is 1.